The topological polar surface area (TPSA) is 50.7 Å². The van der Waals surface area contributed by atoms with Gasteiger partial charge in [0.05, 0.1) is 10.7 Å². The molecule has 0 aliphatic carbocycles. The summed E-state index contributed by atoms with van der Waals surface area (Å²) < 4.78 is 13.3. The Kier molecular flexibility index (Phi) is 2.92. The summed E-state index contributed by atoms with van der Waals surface area (Å²) in [6.45, 7) is 1.98. The Bertz CT molecular complexity index is 482. The predicted molar refractivity (Wildman–Crippen MR) is 63.4 cm³/mol. The Morgan fingerprint density at radius 1 is 1.44 bits per heavy atom. The molecular formula is C11H11ClFN3. The van der Waals surface area contributed by atoms with Crippen LogP contribution in [-0.4, -0.2) is 11.5 Å². The van der Waals surface area contributed by atoms with Crippen LogP contribution in [0.2, 0.25) is 5.02 Å². The molecule has 2 N–H and O–H groups in total. The number of halogens is 2. The smallest absolute Gasteiger partial charge is 0.142 e. The van der Waals surface area contributed by atoms with Crippen LogP contribution in [0.4, 0.5) is 4.39 Å². The lowest BCUT2D eigenvalue weighted by atomic mass is 9.94. The van der Waals surface area contributed by atoms with E-state index in [1.807, 2.05) is 6.92 Å². The molecule has 1 aliphatic heterocycles. The molecule has 0 saturated carbocycles. The van der Waals surface area contributed by atoms with Crippen molar-refractivity contribution in [3.8, 4) is 0 Å². The Morgan fingerprint density at radius 3 is 2.81 bits per heavy atom. The van der Waals surface area contributed by atoms with Gasteiger partial charge < -0.3 is 5.73 Å². The quantitative estimate of drug-likeness (QED) is 0.805. The molecule has 3 nitrogen and oxygen atoms in total. The van der Waals surface area contributed by atoms with Gasteiger partial charge in [0.1, 0.15) is 11.7 Å². The van der Waals surface area contributed by atoms with Crippen molar-refractivity contribution in [3.05, 3.63) is 34.6 Å². The summed E-state index contributed by atoms with van der Waals surface area (Å²) in [6, 6.07) is 4.62. The normalized spacial score (nSPS) is 20.3. The number of nitrogens with zero attached hydrogens (tertiary/aromatic N) is 2. The summed E-state index contributed by atoms with van der Waals surface area (Å²) in [5, 5.41) is 7.93. The van der Waals surface area contributed by atoms with E-state index in [9.17, 15) is 4.39 Å². The summed E-state index contributed by atoms with van der Waals surface area (Å²) in [5.41, 5.74) is 7.01. The van der Waals surface area contributed by atoms with Crippen LogP contribution in [-0.2, 0) is 0 Å². The average molecular weight is 240 g/mol. The van der Waals surface area contributed by atoms with Gasteiger partial charge in [-0.1, -0.05) is 24.6 Å². The molecule has 5 heteroatoms. The molecule has 0 amide bonds. The van der Waals surface area contributed by atoms with Crippen molar-refractivity contribution in [2.24, 2.45) is 21.9 Å². The number of hydrogen-bond donors (Lipinski definition) is 1. The van der Waals surface area contributed by atoms with Gasteiger partial charge in [-0.3, -0.25) is 0 Å². The van der Waals surface area contributed by atoms with Crippen LogP contribution in [0.5, 0.6) is 0 Å². The fourth-order valence-corrected chi connectivity index (χ4v) is 1.78. The van der Waals surface area contributed by atoms with Gasteiger partial charge in [0, 0.05) is 17.9 Å². The summed E-state index contributed by atoms with van der Waals surface area (Å²) in [4.78, 5) is 0. The molecule has 84 valence electrons. The van der Waals surface area contributed by atoms with Gasteiger partial charge in [-0.05, 0) is 12.1 Å². The van der Waals surface area contributed by atoms with Crippen molar-refractivity contribution in [3.63, 3.8) is 0 Å². The molecule has 1 atom stereocenters. The first-order chi connectivity index (χ1) is 7.58. The van der Waals surface area contributed by atoms with Gasteiger partial charge in [-0.15, -0.1) is 5.10 Å². The second-order valence-electron chi connectivity index (χ2n) is 3.81. The highest BCUT2D eigenvalue weighted by Crippen LogP contribution is 2.21. The molecule has 16 heavy (non-hydrogen) atoms. The number of nitrogens with two attached hydrogens (primary N) is 1. The van der Waals surface area contributed by atoms with Gasteiger partial charge in [0.2, 0.25) is 0 Å². The largest absolute Gasteiger partial charge is 0.386 e. The van der Waals surface area contributed by atoms with Crippen LogP contribution in [0.15, 0.2) is 28.4 Å². The van der Waals surface area contributed by atoms with Crippen molar-refractivity contribution >= 4 is 23.1 Å². The van der Waals surface area contributed by atoms with Crippen molar-refractivity contribution in [1.29, 1.82) is 0 Å². The molecule has 1 unspecified atom stereocenters. The Labute approximate surface area is 97.8 Å². The standard InChI is InChI=1S/C11H11ClFN3/c1-6-4-10(14)15-16-11(6)7-2-3-8(12)9(13)5-7/h2-3,5-6H,4H2,1H3,(H2,14,15). The first kappa shape index (κ1) is 11.1. The molecule has 0 spiro atoms. The van der Waals surface area contributed by atoms with Gasteiger partial charge in [-0.25, -0.2) is 4.39 Å². The zero-order valence-electron chi connectivity index (χ0n) is 8.74. The number of amidine groups is 1. The molecule has 0 aromatic heterocycles. The van der Waals surface area contributed by atoms with E-state index in [0.717, 1.165) is 5.71 Å². The Morgan fingerprint density at radius 2 is 2.19 bits per heavy atom. The van der Waals surface area contributed by atoms with Crippen LogP contribution < -0.4 is 5.73 Å². The fraction of sp³-hybridized carbons (Fsp3) is 0.273. The number of benzene rings is 1. The molecule has 1 aromatic rings. The third-order valence-electron chi connectivity index (χ3n) is 2.48. The first-order valence-corrected chi connectivity index (χ1v) is 5.31. The average Bonchev–Trinajstić information content (AvgIpc) is 2.22. The number of rotatable bonds is 1. The third-order valence-corrected chi connectivity index (χ3v) is 2.79. The van der Waals surface area contributed by atoms with Crippen LogP contribution in [0, 0.1) is 11.7 Å². The molecule has 2 rings (SSSR count). The van der Waals surface area contributed by atoms with Crippen molar-refractivity contribution < 1.29 is 4.39 Å². The van der Waals surface area contributed by atoms with Crippen molar-refractivity contribution in [1.82, 2.24) is 0 Å². The van der Waals surface area contributed by atoms with E-state index >= 15 is 0 Å². The van der Waals surface area contributed by atoms with Crippen molar-refractivity contribution in [2.45, 2.75) is 13.3 Å². The van der Waals surface area contributed by atoms with Gasteiger partial charge in [-0.2, -0.15) is 5.10 Å². The van der Waals surface area contributed by atoms with Crippen LogP contribution in [0.25, 0.3) is 0 Å². The number of hydrogen-bond acceptors (Lipinski definition) is 3. The van der Waals surface area contributed by atoms with Gasteiger partial charge in [0.25, 0.3) is 0 Å². The second kappa shape index (κ2) is 4.22. The third kappa shape index (κ3) is 2.07. The van der Waals surface area contributed by atoms with E-state index in [4.69, 9.17) is 17.3 Å². The molecule has 0 saturated heterocycles. The van der Waals surface area contributed by atoms with Crippen LogP contribution >= 0.6 is 11.6 Å². The fourth-order valence-electron chi connectivity index (χ4n) is 1.67. The van der Waals surface area contributed by atoms with E-state index < -0.39 is 5.82 Å². The first-order valence-electron chi connectivity index (χ1n) is 4.93. The van der Waals surface area contributed by atoms with E-state index in [1.165, 1.54) is 12.1 Å². The maximum absolute atomic E-state index is 13.3. The van der Waals surface area contributed by atoms with E-state index in [-0.39, 0.29) is 10.9 Å². The van der Waals surface area contributed by atoms with Crippen LogP contribution in [0.1, 0.15) is 18.9 Å². The molecular weight excluding hydrogens is 229 g/mol. The zero-order valence-corrected chi connectivity index (χ0v) is 9.50. The molecule has 0 bridgehead atoms. The lowest BCUT2D eigenvalue weighted by Crippen LogP contribution is -2.25. The highest BCUT2D eigenvalue weighted by Gasteiger charge is 2.19. The summed E-state index contributed by atoms with van der Waals surface area (Å²) in [5.74, 6) is 0.195. The maximum atomic E-state index is 13.3. The Hall–Kier alpha value is -1.42. The SMILES string of the molecule is CC1CC(N)=NN=C1c1ccc(Cl)c(F)c1. The lowest BCUT2D eigenvalue weighted by Gasteiger charge is -2.17. The molecule has 1 aliphatic rings. The highest BCUT2D eigenvalue weighted by molar-refractivity contribution is 6.30. The van der Waals surface area contributed by atoms with E-state index in [2.05, 4.69) is 10.2 Å². The summed E-state index contributed by atoms with van der Waals surface area (Å²) >= 11 is 5.62. The van der Waals surface area contributed by atoms with Gasteiger partial charge in [0.15, 0.2) is 0 Å². The Balaban J connectivity index is 2.41. The van der Waals surface area contributed by atoms with Crippen LogP contribution in [0.3, 0.4) is 0 Å². The monoisotopic (exact) mass is 239 g/mol. The minimum atomic E-state index is -0.448. The van der Waals surface area contributed by atoms with Crippen molar-refractivity contribution in [2.75, 3.05) is 0 Å². The lowest BCUT2D eigenvalue weighted by molar-refractivity contribution is 0.627. The second-order valence-corrected chi connectivity index (χ2v) is 4.22. The minimum absolute atomic E-state index is 0.107. The molecule has 0 radical (unpaired) electrons. The van der Waals surface area contributed by atoms with E-state index in [0.29, 0.717) is 17.8 Å². The molecule has 1 heterocycles. The summed E-state index contributed by atoms with van der Waals surface area (Å²) in [6.07, 6.45) is 0.642. The maximum Gasteiger partial charge on any atom is 0.142 e. The molecule has 1 aromatic carbocycles. The molecule has 0 fully saturated rings. The van der Waals surface area contributed by atoms with E-state index in [1.54, 1.807) is 6.07 Å². The zero-order chi connectivity index (χ0) is 11.7. The predicted octanol–water partition coefficient (Wildman–Crippen LogP) is 2.58. The van der Waals surface area contributed by atoms with Gasteiger partial charge >= 0.3 is 0 Å². The highest BCUT2D eigenvalue weighted by atomic mass is 35.5. The minimum Gasteiger partial charge on any atom is -0.386 e. The summed E-state index contributed by atoms with van der Waals surface area (Å²) in [7, 11) is 0.